The molecule has 1 heterocycles. The zero-order valence-electron chi connectivity index (χ0n) is 13.0. The van der Waals surface area contributed by atoms with Crippen LogP contribution in [0.2, 0.25) is 0 Å². The number of benzene rings is 1. The largest absolute Gasteiger partial charge is 0.380 e. The molecule has 4 nitrogen and oxygen atoms in total. The van der Waals surface area contributed by atoms with Gasteiger partial charge in [0.15, 0.2) is 5.82 Å². The molecule has 0 amide bonds. The smallest absolute Gasteiger partial charge is 0.161 e. The van der Waals surface area contributed by atoms with Gasteiger partial charge in [0.2, 0.25) is 0 Å². The average Bonchev–Trinajstić information content (AvgIpc) is 2.53. The van der Waals surface area contributed by atoms with Crippen LogP contribution in [0.3, 0.4) is 0 Å². The summed E-state index contributed by atoms with van der Waals surface area (Å²) >= 11 is 0. The van der Waals surface area contributed by atoms with E-state index < -0.39 is 0 Å². The van der Waals surface area contributed by atoms with Crippen LogP contribution in [0.25, 0.3) is 11.4 Å². The van der Waals surface area contributed by atoms with Crippen molar-refractivity contribution in [2.24, 2.45) is 0 Å². The van der Waals surface area contributed by atoms with Gasteiger partial charge in [-0.15, -0.1) is 0 Å². The van der Waals surface area contributed by atoms with Crippen molar-refractivity contribution in [3.8, 4) is 11.4 Å². The average molecular weight is 285 g/mol. The molecule has 0 spiro atoms. The molecule has 112 valence electrons. The van der Waals surface area contributed by atoms with Crippen molar-refractivity contribution in [2.75, 3.05) is 19.0 Å². The van der Waals surface area contributed by atoms with Crippen LogP contribution in [-0.4, -0.2) is 23.6 Å². The van der Waals surface area contributed by atoms with Crippen LogP contribution in [0.1, 0.15) is 31.5 Å². The highest BCUT2D eigenvalue weighted by Crippen LogP contribution is 2.19. The highest BCUT2D eigenvalue weighted by atomic mass is 16.5. The van der Waals surface area contributed by atoms with Crippen LogP contribution in [0, 0.1) is 0 Å². The second-order valence-corrected chi connectivity index (χ2v) is 4.98. The molecule has 0 bridgehead atoms. The Labute approximate surface area is 126 Å². The summed E-state index contributed by atoms with van der Waals surface area (Å²) in [5.74, 6) is 1.68. The minimum atomic E-state index is 0.624. The number of nitrogens with one attached hydrogen (secondary N) is 1. The topological polar surface area (TPSA) is 47.0 Å². The predicted molar refractivity (Wildman–Crippen MR) is 86.3 cm³/mol. The van der Waals surface area contributed by atoms with Gasteiger partial charge < -0.3 is 10.1 Å². The summed E-state index contributed by atoms with van der Waals surface area (Å²) in [6.45, 7) is 5.80. The van der Waals surface area contributed by atoms with Crippen LogP contribution in [-0.2, 0) is 17.8 Å². The summed E-state index contributed by atoms with van der Waals surface area (Å²) in [5.41, 5.74) is 3.24. The van der Waals surface area contributed by atoms with E-state index in [0.29, 0.717) is 6.61 Å². The van der Waals surface area contributed by atoms with Gasteiger partial charge in [-0.25, -0.2) is 9.97 Å². The molecule has 0 aliphatic rings. The molecular formula is C17H23N3O. The van der Waals surface area contributed by atoms with Crippen LogP contribution in [0.4, 0.5) is 5.82 Å². The number of ether oxygens (including phenoxy) is 1. The van der Waals surface area contributed by atoms with Gasteiger partial charge in [0.25, 0.3) is 0 Å². The highest BCUT2D eigenvalue weighted by Gasteiger charge is 2.06. The molecular weight excluding hydrogens is 262 g/mol. The lowest BCUT2D eigenvalue weighted by Crippen LogP contribution is -2.05. The number of hydrogen-bond donors (Lipinski definition) is 1. The molecule has 1 N–H and O–H groups in total. The third-order valence-corrected chi connectivity index (χ3v) is 3.22. The number of anilines is 1. The lowest BCUT2D eigenvalue weighted by atomic mass is 10.1. The Hall–Kier alpha value is -1.94. The van der Waals surface area contributed by atoms with E-state index in [4.69, 9.17) is 4.74 Å². The molecule has 0 aliphatic heterocycles. The van der Waals surface area contributed by atoms with Gasteiger partial charge in [-0.2, -0.15) is 0 Å². The third kappa shape index (κ3) is 4.26. The minimum absolute atomic E-state index is 0.624. The molecule has 1 aromatic carbocycles. The summed E-state index contributed by atoms with van der Waals surface area (Å²) in [5, 5.41) is 3.34. The standard InChI is InChI=1S/C17H23N3O/c1-4-10-18-16-11-15(5-2)19-17(20-16)14-8-6-13(7-9-14)12-21-3/h6-9,11H,4-5,10,12H2,1-3H3,(H,18,19,20). The van der Waals surface area contributed by atoms with Crippen molar-refractivity contribution < 1.29 is 4.74 Å². The Morgan fingerprint density at radius 2 is 1.86 bits per heavy atom. The monoisotopic (exact) mass is 285 g/mol. The van der Waals surface area contributed by atoms with E-state index in [9.17, 15) is 0 Å². The molecule has 0 unspecified atom stereocenters. The van der Waals surface area contributed by atoms with Gasteiger partial charge in [-0.3, -0.25) is 0 Å². The summed E-state index contributed by atoms with van der Waals surface area (Å²) in [6, 6.07) is 10.2. The summed E-state index contributed by atoms with van der Waals surface area (Å²) < 4.78 is 5.13. The zero-order valence-corrected chi connectivity index (χ0v) is 13.0. The van der Waals surface area contributed by atoms with Gasteiger partial charge in [-0.05, 0) is 18.4 Å². The fourth-order valence-corrected chi connectivity index (χ4v) is 2.07. The molecule has 21 heavy (non-hydrogen) atoms. The molecule has 0 radical (unpaired) electrons. The Morgan fingerprint density at radius 1 is 1.10 bits per heavy atom. The maximum absolute atomic E-state index is 5.13. The highest BCUT2D eigenvalue weighted by molar-refractivity contribution is 5.58. The molecule has 0 saturated heterocycles. The number of hydrogen-bond acceptors (Lipinski definition) is 4. The SMILES string of the molecule is CCCNc1cc(CC)nc(-c2ccc(COC)cc2)n1. The summed E-state index contributed by atoms with van der Waals surface area (Å²) in [6.07, 6.45) is 1.98. The lowest BCUT2D eigenvalue weighted by molar-refractivity contribution is 0.185. The maximum Gasteiger partial charge on any atom is 0.161 e. The van der Waals surface area contributed by atoms with Crippen molar-refractivity contribution in [2.45, 2.75) is 33.3 Å². The quantitative estimate of drug-likeness (QED) is 0.843. The predicted octanol–water partition coefficient (Wildman–Crippen LogP) is 3.67. The fraction of sp³-hybridized carbons (Fsp3) is 0.412. The Bertz CT molecular complexity index is 567. The third-order valence-electron chi connectivity index (χ3n) is 3.22. The normalized spacial score (nSPS) is 10.6. The lowest BCUT2D eigenvalue weighted by Gasteiger charge is -2.09. The van der Waals surface area contributed by atoms with E-state index in [1.54, 1.807) is 7.11 Å². The minimum Gasteiger partial charge on any atom is -0.380 e. The second kappa shape index (κ2) is 7.74. The molecule has 0 atom stereocenters. The molecule has 4 heteroatoms. The van der Waals surface area contributed by atoms with E-state index in [1.807, 2.05) is 18.2 Å². The first-order valence-corrected chi connectivity index (χ1v) is 7.46. The number of nitrogens with zero attached hydrogens (tertiary/aromatic N) is 2. The first kappa shape index (κ1) is 15.4. The first-order valence-electron chi connectivity index (χ1n) is 7.46. The van der Waals surface area contributed by atoms with E-state index in [0.717, 1.165) is 47.8 Å². The van der Waals surface area contributed by atoms with Crippen LogP contribution in [0.15, 0.2) is 30.3 Å². The van der Waals surface area contributed by atoms with Gasteiger partial charge in [0, 0.05) is 31.0 Å². The fourth-order valence-electron chi connectivity index (χ4n) is 2.07. The molecule has 2 aromatic rings. The molecule has 0 fully saturated rings. The van der Waals surface area contributed by atoms with Crippen LogP contribution >= 0.6 is 0 Å². The van der Waals surface area contributed by atoms with E-state index in [2.05, 4.69) is 41.3 Å². The van der Waals surface area contributed by atoms with Crippen LogP contribution in [0.5, 0.6) is 0 Å². The van der Waals surface area contributed by atoms with Crippen molar-refractivity contribution in [1.29, 1.82) is 0 Å². The molecule has 0 aliphatic carbocycles. The van der Waals surface area contributed by atoms with Gasteiger partial charge in [-0.1, -0.05) is 38.1 Å². The zero-order chi connectivity index (χ0) is 15.1. The second-order valence-electron chi connectivity index (χ2n) is 4.98. The van der Waals surface area contributed by atoms with Crippen molar-refractivity contribution in [1.82, 2.24) is 9.97 Å². The van der Waals surface area contributed by atoms with Gasteiger partial charge >= 0.3 is 0 Å². The van der Waals surface area contributed by atoms with Crippen molar-refractivity contribution in [3.63, 3.8) is 0 Å². The van der Waals surface area contributed by atoms with Crippen LogP contribution < -0.4 is 5.32 Å². The van der Waals surface area contributed by atoms with Crippen molar-refractivity contribution >= 4 is 5.82 Å². The summed E-state index contributed by atoms with van der Waals surface area (Å²) in [7, 11) is 1.70. The van der Waals surface area contributed by atoms with Gasteiger partial charge in [0.05, 0.1) is 6.61 Å². The first-order chi connectivity index (χ1) is 10.3. The Morgan fingerprint density at radius 3 is 2.48 bits per heavy atom. The Kier molecular flexibility index (Phi) is 5.69. The van der Waals surface area contributed by atoms with Gasteiger partial charge in [0.1, 0.15) is 5.82 Å². The number of rotatable bonds is 7. The molecule has 1 aromatic heterocycles. The number of aryl methyl sites for hydroxylation is 1. The number of aromatic nitrogens is 2. The van der Waals surface area contributed by atoms with E-state index >= 15 is 0 Å². The Balaban J connectivity index is 2.28. The van der Waals surface area contributed by atoms with Crippen molar-refractivity contribution in [3.05, 3.63) is 41.6 Å². The van der Waals surface area contributed by atoms with E-state index in [-0.39, 0.29) is 0 Å². The molecule has 0 saturated carbocycles. The maximum atomic E-state index is 5.13. The summed E-state index contributed by atoms with van der Waals surface area (Å²) in [4.78, 5) is 9.23. The molecule has 2 rings (SSSR count). The number of methoxy groups -OCH3 is 1. The van der Waals surface area contributed by atoms with E-state index in [1.165, 1.54) is 0 Å².